The number of aromatic nitrogens is 3. The molecule has 8 nitrogen and oxygen atoms in total. The van der Waals surface area contributed by atoms with Gasteiger partial charge in [0.15, 0.2) is 5.82 Å². The number of amides is 1. The minimum Gasteiger partial charge on any atom is -0.278 e. The van der Waals surface area contributed by atoms with Gasteiger partial charge in [0, 0.05) is 7.05 Å². The third-order valence-electron chi connectivity index (χ3n) is 3.13. The number of nitrogens with zero attached hydrogens (tertiary/aromatic N) is 3. The highest BCUT2D eigenvalue weighted by molar-refractivity contribution is 7.90. The summed E-state index contributed by atoms with van der Waals surface area (Å²) in [6.45, 7) is 3.34. The van der Waals surface area contributed by atoms with Gasteiger partial charge in [0.05, 0.1) is 4.90 Å². The molecule has 0 bridgehead atoms. The minimum absolute atomic E-state index is 0.0361. The summed E-state index contributed by atoms with van der Waals surface area (Å²) in [5.41, 5.74) is -0.258. The molecule has 0 spiro atoms. The first-order valence-electron chi connectivity index (χ1n) is 6.69. The average Bonchev–Trinajstić information content (AvgIpc) is 2.76. The first-order valence-corrected chi connectivity index (χ1v) is 8.17. The van der Waals surface area contributed by atoms with Crippen molar-refractivity contribution < 1.29 is 13.2 Å². The molecule has 0 saturated carbocycles. The molecular formula is C14H16N4O4S. The zero-order valence-corrected chi connectivity index (χ0v) is 13.7. The second kappa shape index (κ2) is 6.21. The molecule has 2 aromatic rings. The predicted octanol–water partition coefficient (Wildman–Crippen LogP) is 0.870. The van der Waals surface area contributed by atoms with Crippen molar-refractivity contribution in [3.05, 3.63) is 52.2 Å². The molecule has 0 unspecified atom stereocenters. The van der Waals surface area contributed by atoms with E-state index in [1.54, 1.807) is 38.1 Å². The number of benzene rings is 1. The number of nitrogens with one attached hydrogen (secondary N) is 1. The number of hydrogen-bond donors (Lipinski definition) is 1. The normalized spacial score (nSPS) is 11.8. The van der Waals surface area contributed by atoms with Crippen LogP contribution in [0.25, 0.3) is 6.08 Å². The van der Waals surface area contributed by atoms with Gasteiger partial charge in [-0.05, 0) is 31.6 Å². The van der Waals surface area contributed by atoms with E-state index in [0.717, 1.165) is 4.57 Å². The molecule has 23 heavy (non-hydrogen) atoms. The Bertz CT molecular complexity index is 938. The Morgan fingerprint density at radius 3 is 2.57 bits per heavy atom. The summed E-state index contributed by atoms with van der Waals surface area (Å²) in [6.07, 6.45) is 3.18. The zero-order chi connectivity index (χ0) is 17.2. The van der Waals surface area contributed by atoms with E-state index in [1.807, 2.05) is 4.72 Å². The van der Waals surface area contributed by atoms with E-state index in [1.165, 1.54) is 19.2 Å². The maximum atomic E-state index is 12.3. The Kier molecular flexibility index (Phi) is 4.50. The first-order chi connectivity index (χ1) is 10.8. The van der Waals surface area contributed by atoms with E-state index >= 15 is 0 Å². The van der Waals surface area contributed by atoms with Crippen molar-refractivity contribution in [2.45, 2.75) is 18.7 Å². The van der Waals surface area contributed by atoms with E-state index in [9.17, 15) is 18.0 Å². The average molecular weight is 336 g/mol. The third-order valence-corrected chi connectivity index (χ3v) is 4.61. The molecule has 2 rings (SSSR count). The Balaban J connectivity index is 2.38. The Labute approximate surface area is 133 Å². The molecule has 0 saturated heterocycles. The fourth-order valence-corrected chi connectivity index (χ4v) is 3.13. The second-order valence-corrected chi connectivity index (χ2v) is 6.44. The lowest BCUT2D eigenvalue weighted by Crippen LogP contribution is -2.40. The smallest absolute Gasteiger partial charge is 0.278 e. The summed E-state index contributed by atoms with van der Waals surface area (Å²) >= 11 is 0. The fourth-order valence-electron chi connectivity index (χ4n) is 1.95. The monoisotopic (exact) mass is 336 g/mol. The molecule has 0 aliphatic carbocycles. The summed E-state index contributed by atoms with van der Waals surface area (Å²) in [5.74, 6) is 0.237. The van der Waals surface area contributed by atoms with Crippen LogP contribution in [0, 0.1) is 6.92 Å². The van der Waals surface area contributed by atoms with Gasteiger partial charge in [-0.2, -0.15) is 0 Å². The summed E-state index contributed by atoms with van der Waals surface area (Å²) < 4.78 is 28.0. The van der Waals surface area contributed by atoms with Crippen LogP contribution < -0.4 is 10.4 Å². The molecule has 0 aliphatic rings. The Morgan fingerprint density at radius 2 is 1.96 bits per heavy atom. The maximum absolute atomic E-state index is 12.3. The summed E-state index contributed by atoms with van der Waals surface area (Å²) in [6, 6.07) is 5.07. The largest absolute Gasteiger partial charge is 0.360 e. The van der Waals surface area contributed by atoms with E-state index in [0.29, 0.717) is 10.2 Å². The van der Waals surface area contributed by atoms with Gasteiger partial charge in [0.1, 0.15) is 0 Å². The number of hydrogen-bond acceptors (Lipinski definition) is 5. The van der Waals surface area contributed by atoms with Crippen LogP contribution in [0.2, 0.25) is 0 Å². The Hall–Kier alpha value is -2.68. The van der Waals surface area contributed by atoms with Crippen molar-refractivity contribution >= 4 is 22.1 Å². The number of aryl methyl sites for hydroxylation is 1. The standard InChI is InChI=1S/C14H16N4O4S/c1-4-7-12-15-18(14(20)17(12)3)13(19)16-23(21,22)11-9-6-5-8-10(11)2/h4-9H,1-3H3,(H,16,19)/b7-4-. The van der Waals surface area contributed by atoms with Crippen molar-refractivity contribution in [2.24, 2.45) is 7.05 Å². The molecule has 122 valence electrons. The van der Waals surface area contributed by atoms with Crippen LogP contribution in [0.15, 0.2) is 40.0 Å². The lowest BCUT2D eigenvalue weighted by Gasteiger charge is -2.08. The van der Waals surface area contributed by atoms with Crippen LogP contribution in [0.1, 0.15) is 18.3 Å². The summed E-state index contributed by atoms with van der Waals surface area (Å²) in [7, 11) is -2.66. The van der Waals surface area contributed by atoms with Gasteiger partial charge in [0.25, 0.3) is 10.0 Å². The van der Waals surface area contributed by atoms with Crippen LogP contribution in [0.4, 0.5) is 4.79 Å². The number of carbonyl (C=O) groups is 1. The van der Waals surface area contributed by atoms with Gasteiger partial charge in [-0.3, -0.25) is 4.57 Å². The van der Waals surface area contributed by atoms with E-state index < -0.39 is 21.7 Å². The summed E-state index contributed by atoms with van der Waals surface area (Å²) in [5, 5.41) is 3.80. The minimum atomic E-state index is -4.10. The van der Waals surface area contributed by atoms with Crippen LogP contribution in [0.5, 0.6) is 0 Å². The number of rotatable bonds is 3. The number of sulfonamides is 1. The van der Waals surface area contributed by atoms with Gasteiger partial charge >= 0.3 is 11.7 Å². The van der Waals surface area contributed by atoms with Crippen molar-refractivity contribution in [1.82, 2.24) is 19.1 Å². The van der Waals surface area contributed by atoms with Gasteiger partial charge in [-0.25, -0.2) is 22.7 Å². The molecule has 0 aliphatic heterocycles. The van der Waals surface area contributed by atoms with Crippen LogP contribution in [0.3, 0.4) is 0 Å². The molecule has 0 fully saturated rings. The maximum Gasteiger partial charge on any atom is 0.360 e. The van der Waals surface area contributed by atoms with Crippen molar-refractivity contribution in [3.63, 3.8) is 0 Å². The number of allylic oxidation sites excluding steroid dienone is 1. The van der Waals surface area contributed by atoms with E-state index in [2.05, 4.69) is 5.10 Å². The van der Waals surface area contributed by atoms with Crippen molar-refractivity contribution in [3.8, 4) is 0 Å². The molecule has 1 aromatic heterocycles. The third kappa shape index (κ3) is 3.24. The molecule has 1 N–H and O–H groups in total. The molecule has 0 radical (unpaired) electrons. The molecule has 1 heterocycles. The molecule has 9 heteroatoms. The van der Waals surface area contributed by atoms with Crippen molar-refractivity contribution in [2.75, 3.05) is 0 Å². The van der Waals surface area contributed by atoms with Gasteiger partial charge in [-0.15, -0.1) is 9.78 Å². The highest BCUT2D eigenvalue weighted by Gasteiger charge is 2.23. The molecular weight excluding hydrogens is 320 g/mol. The second-order valence-electron chi connectivity index (χ2n) is 4.79. The van der Waals surface area contributed by atoms with Crippen LogP contribution in [-0.4, -0.2) is 28.8 Å². The highest BCUT2D eigenvalue weighted by Crippen LogP contribution is 2.13. The molecule has 1 amide bonds. The van der Waals surface area contributed by atoms with Crippen LogP contribution in [-0.2, 0) is 17.1 Å². The van der Waals surface area contributed by atoms with Crippen LogP contribution >= 0.6 is 0 Å². The molecule has 1 aromatic carbocycles. The van der Waals surface area contributed by atoms with Gasteiger partial charge in [-0.1, -0.05) is 24.3 Å². The van der Waals surface area contributed by atoms with E-state index in [4.69, 9.17) is 0 Å². The molecule has 0 atom stereocenters. The van der Waals surface area contributed by atoms with Gasteiger partial charge in [0.2, 0.25) is 0 Å². The lowest BCUT2D eigenvalue weighted by atomic mass is 10.2. The highest BCUT2D eigenvalue weighted by atomic mass is 32.2. The SMILES string of the molecule is C/C=C\c1nn(C(=O)NS(=O)(=O)c2ccccc2C)c(=O)n1C. The van der Waals surface area contributed by atoms with Crippen molar-refractivity contribution in [1.29, 1.82) is 0 Å². The van der Waals surface area contributed by atoms with E-state index in [-0.39, 0.29) is 10.7 Å². The first kappa shape index (κ1) is 16.7. The predicted molar refractivity (Wildman–Crippen MR) is 84.5 cm³/mol. The lowest BCUT2D eigenvalue weighted by molar-refractivity contribution is 0.243. The number of carbonyl (C=O) groups excluding carboxylic acids is 1. The van der Waals surface area contributed by atoms with Gasteiger partial charge < -0.3 is 0 Å². The summed E-state index contributed by atoms with van der Waals surface area (Å²) in [4.78, 5) is 24.0. The topological polar surface area (TPSA) is 103 Å². The Morgan fingerprint density at radius 1 is 1.30 bits per heavy atom. The zero-order valence-electron chi connectivity index (χ0n) is 12.8. The fraction of sp³-hybridized carbons (Fsp3) is 0.214. The quantitative estimate of drug-likeness (QED) is 0.896.